The maximum Gasteiger partial charge on any atom is 0.198 e. The average Bonchev–Trinajstić information content (AvgIpc) is 2.96. The van der Waals surface area contributed by atoms with Crippen molar-refractivity contribution in [3.8, 4) is 0 Å². The van der Waals surface area contributed by atoms with E-state index in [0.29, 0.717) is 31.3 Å². The molecule has 0 amide bonds. The minimum atomic E-state index is -0.442. The molecule has 102 valence electrons. The zero-order chi connectivity index (χ0) is 12.2. The van der Waals surface area contributed by atoms with Crippen molar-refractivity contribution in [2.45, 2.75) is 62.6 Å². The summed E-state index contributed by atoms with van der Waals surface area (Å²) < 4.78 is 24.0. The van der Waals surface area contributed by atoms with E-state index >= 15 is 0 Å². The van der Waals surface area contributed by atoms with Crippen LogP contribution in [0.4, 0.5) is 0 Å². The van der Waals surface area contributed by atoms with E-state index in [1.54, 1.807) is 0 Å². The highest BCUT2D eigenvalue weighted by molar-refractivity contribution is 5.22. The number of hydrogen-bond donors (Lipinski definition) is 0. The molecule has 1 spiro atoms. The van der Waals surface area contributed by atoms with Crippen LogP contribution in [0.5, 0.6) is 0 Å². The van der Waals surface area contributed by atoms with Gasteiger partial charge in [-0.1, -0.05) is 13.3 Å². The quantitative estimate of drug-likeness (QED) is 0.567. The van der Waals surface area contributed by atoms with Gasteiger partial charge in [0.15, 0.2) is 5.79 Å². The fraction of sp³-hybridized carbons (Fsp3) is 1.00. The summed E-state index contributed by atoms with van der Waals surface area (Å²) in [4.78, 5) is 0. The second kappa shape index (κ2) is 3.92. The Kier molecular flexibility index (Phi) is 2.54. The van der Waals surface area contributed by atoms with Crippen molar-refractivity contribution < 1.29 is 18.9 Å². The van der Waals surface area contributed by atoms with Gasteiger partial charge in [0.05, 0.1) is 25.4 Å². The minimum Gasteiger partial charge on any atom is -0.369 e. The Morgan fingerprint density at radius 2 is 2.11 bits per heavy atom. The number of epoxide rings is 1. The molecule has 0 bridgehead atoms. The van der Waals surface area contributed by atoms with E-state index in [1.807, 2.05) is 0 Å². The standard InChI is InChI=1S/C14H22O4/c1-2-3-6-15-13-5-4-11-12(18-11)10(13)9-14(13)16-7-8-17-14/h10-12H,2-9H2,1H3. The molecular formula is C14H22O4. The van der Waals surface area contributed by atoms with Crippen LogP contribution in [-0.2, 0) is 18.9 Å². The fourth-order valence-electron chi connectivity index (χ4n) is 4.14. The summed E-state index contributed by atoms with van der Waals surface area (Å²) in [6.07, 6.45) is 6.28. The molecule has 2 aliphatic carbocycles. The van der Waals surface area contributed by atoms with Crippen molar-refractivity contribution in [3.63, 3.8) is 0 Å². The molecule has 2 saturated heterocycles. The van der Waals surface area contributed by atoms with Crippen molar-refractivity contribution in [2.24, 2.45) is 5.92 Å². The molecule has 4 aliphatic rings. The van der Waals surface area contributed by atoms with Gasteiger partial charge in [0.25, 0.3) is 0 Å². The molecule has 4 fully saturated rings. The van der Waals surface area contributed by atoms with Crippen molar-refractivity contribution >= 4 is 0 Å². The van der Waals surface area contributed by atoms with E-state index < -0.39 is 5.79 Å². The molecule has 4 nitrogen and oxygen atoms in total. The zero-order valence-electron chi connectivity index (χ0n) is 11.0. The topological polar surface area (TPSA) is 40.2 Å². The van der Waals surface area contributed by atoms with Gasteiger partial charge in [-0.25, -0.2) is 0 Å². The molecule has 2 aliphatic heterocycles. The van der Waals surface area contributed by atoms with Crippen LogP contribution in [0.1, 0.15) is 39.0 Å². The highest BCUT2D eigenvalue weighted by Crippen LogP contribution is 2.65. The molecule has 0 aromatic heterocycles. The number of fused-ring (bicyclic) bond motifs is 4. The van der Waals surface area contributed by atoms with Crippen LogP contribution in [0.3, 0.4) is 0 Å². The third-order valence-corrected chi connectivity index (χ3v) is 5.16. The molecule has 18 heavy (non-hydrogen) atoms. The van der Waals surface area contributed by atoms with E-state index in [0.717, 1.165) is 38.7 Å². The molecule has 0 aromatic rings. The van der Waals surface area contributed by atoms with Gasteiger partial charge in [-0.2, -0.15) is 0 Å². The Bertz CT molecular complexity index is 339. The molecule has 4 heteroatoms. The first kappa shape index (κ1) is 11.6. The van der Waals surface area contributed by atoms with Gasteiger partial charge >= 0.3 is 0 Å². The highest BCUT2D eigenvalue weighted by Gasteiger charge is 2.77. The lowest BCUT2D eigenvalue weighted by molar-refractivity contribution is -0.376. The lowest BCUT2D eigenvalue weighted by Crippen LogP contribution is -2.73. The zero-order valence-corrected chi connectivity index (χ0v) is 11.0. The maximum atomic E-state index is 6.31. The van der Waals surface area contributed by atoms with Crippen LogP contribution >= 0.6 is 0 Å². The summed E-state index contributed by atoms with van der Waals surface area (Å²) in [5.74, 6) is 0.0497. The van der Waals surface area contributed by atoms with E-state index in [4.69, 9.17) is 18.9 Å². The smallest absolute Gasteiger partial charge is 0.198 e. The van der Waals surface area contributed by atoms with Crippen molar-refractivity contribution in [1.82, 2.24) is 0 Å². The predicted octanol–water partition coefficient (Wildman–Crippen LogP) is 1.87. The fourth-order valence-corrected chi connectivity index (χ4v) is 4.14. The first-order valence-corrected chi connectivity index (χ1v) is 7.39. The molecule has 2 heterocycles. The second-order valence-corrected chi connectivity index (χ2v) is 6.03. The van der Waals surface area contributed by atoms with Crippen LogP contribution in [0.25, 0.3) is 0 Å². The van der Waals surface area contributed by atoms with Crippen LogP contribution < -0.4 is 0 Å². The van der Waals surface area contributed by atoms with Crippen molar-refractivity contribution in [3.05, 3.63) is 0 Å². The molecular weight excluding hydrogens is 232 g/mol. The Morgan fingerprint density at radius 1 is 1.28 bits per heavy atom. The molecule has 0 N–H and O–H groups in total. The summed E-state index contributed by atoms with van der Waals surface area (Å²) in [6.45, 7) is 4.43. The molecule has 4 atom stereocenters. The lowest BCUT2D eigenvalue weighted by atomic mass is 9.57. The summed E-state index contributed by atoms with van der Waals surface area (Å²) in [6, 6.07) is 0. The SMILES string of the molecule is CCCCOC12CCC3OC3C1CC21OCCO1. The Morgan fingerprint density at radius 3 is 2.89 bits per heavy atom. The molecule has 0 aromatic carbocycles. The Labute approximate surface area is 108 Å². The van der Waals surface area contributed by atoms with Crippen molar-refractivity contribution in [1.29, 1.82) is 0 Å². The first-order valence-electron chi connectivity index (χ1n) is 7.39. The molecule has 4 rings (SSSR count). The summed E-state index contributed by atoms with van der Waals surface area (Å²) in [5.41, 5.74) is -0.212. The summed E-state index contributed by atoms with van der Waals surface area (Å²) >= 11 is 0. The second-order valence-electron chi connectivity index (χ2n) is 6.03. The minimum absolute atomic E-state index is 0.212. The monoisotopic (exact) mass is 254 g/mol. The average molecular weight is 254 g/mol. The number of hydrogen-bond acceptors (Lipinski definition) is 4. The van der Waals surface area contributed by atoms with E-state index in [-0.39, 0.29) is 5.60 Å². The third-order valence-electron chi connectivity index (χ3n) is 5.16. The predicted molar refractivity (Wildman–Crippen MR) is 64.2 cm³/mol. The van der Waals surface area contributed by atoms with Gasteiger partial charge in [0.1, 0.15) is 5.60 Å². The van der Waals surface area contributed by atoms with E-state index in [2.05, 4.69) is 6.92 Å². The van der Waals surface area contributed by atoms with E-state index in [9.17, 15) is 0 Å². The Balaban J connectivity index is 1.56. The van der Waals surface area contributed by atoms with Crippen LogP contribution in [0, 0.1) is 5.92 Å². The van der Waals surface area contributed by atoms with Gasteiger partial charge in [-0.15, -0.1) is 0 Å². The van der Waals surface area contributed by atoms with Gasteiger partial charge < -0.3 is 18.9 Å². The largest absolute Gasteiger partial charge is 0.369 e. The number of ether oxygens (including phenoxy) is 4. The maximum absolute atomic E-state index is 6.31. The highest BCUT2D eigenvalue weighted by atomic mass is 16.8. The van der Waals surface area contributed by atoms with Crippen LogP contribution in [0.2, 0.25) is 0 Å². The third kappa shape index (κ3) is 1.35. The van der Waals surface area contributed by atoms with E-state index in [1.165, 1.54) is 0 Å². The lowest BCUT2D eigenvalue weighted by Gasteiger charge is -2.61. The molecule has 4 unspecified atom stereocenters. The molecule has 0 radical (unpaired) electrons. The van der Waals surface area contributed by atoms with Crippen molar-refractivity contribution in [2.75, 3.05) is 19.8 Å². The first-order chi connectivity index (χ1) is 8.81. The Hall–Kier alpha value is -0.160. The van der Waals surface area contributed by atoms with Crippen LogP contribution in [0.15, 0.2) is 0 Å². The van der Waals surface area contributed by atoms with Gasteiger partial charge in [-0.05, 0) is 19.3 Å². The summed E-state index contributed by atoms with van der Waals surface area (Å²) in [5, 5.41) is 0. The number of unbranched alkanes of at least 4 members (excludes halogenated alkanes) is 1. The molecule has 2 saturated carbocycles. The summed E-state index contributed by atoms with van der Waals surface area (Å²) in [7, 11) is 0. The number of rotatable bonds is 4. The van der Waals surface area contributed by atoms with Gasteiger partial charge in [-0.3, -0.25) is 0 Å². The van der Waals surface area contributed by atoms with Gasteiger partial charge in [0, 0.05) is 18.9 Å². The van der Waals surface area contributed by atoms with Gasteiger partial charge in [0.2, 0.25) is 0 Å². The normalized spacial score (nSPS) is 47.5. The van der Waals surface area contributed by atoms with Crippen LogP contribution in [-0.4, -0.2) is 43.4 Å².